The number of rotatable bonds is 4. The van der Waals surface area contributed by atoms with Crippen LogP contribution >= 0.6 is 15.9 Å². The van der Waals surface area contributed by atoms with Gasteiger partial charge in [-0.3, -0.25) is 0 Å². The monoisotopic (exact) mass is 310 g/mol. The number of nitrogens with zero attached hydrogens (tertiary/aromatic N) is 1. The molecule has 6 heteroatoms. The Kier molecular flexibility index (Phi) is 4.80. The summed E-state index contributed by atoms with van der Waals surface area (Å²) in [5.74, 6) is -0.102. The van der Waals surface area contributed by atoms with Crippen LogP contribution in [0.5, 0.6) is 0 Å². The van der Waals surface area contributed by atoms with Gasteiger partial charge in [0.15, 0.2) is 0 Å². The fourth-order valence-corrected chi connectivity index (χ4v) is 1.79. The first-order valence-corrected chi connectivity index (χ1v) is 6.17. The lowest BCUT2D eigenvalue weighted by molar-refractivity contribution is -0.137. The maximum atomic E-state index is 12.8. The predicted octanol–water partition coefficient (Wildman–Crippen LogP) is 4.46. The summed E-state index contributed by atoms with van der Waals surface area (Å²) < 4.78 is 38.7. The van der Waals surface area contributed by atoms with Crippen LogP contribution in [0.4, 0.5) is 19.0 Å². The highest BCUT2D eigenvalue weighted by atomic mass is 79.9. The van der Waals surface area contributed by atoms with Crippen LogP contribution in [0, 0.1) is 0 Å². The molecule has 0 fully saturated rings. The van der Waals surface area contributed by atoms with Crippen molar-refractivity contribution in [1.29, 1.82) is 0 Å². The highest BCUT2D eigenvalue weighted by Crippen LogP contribution is 2.35. The molecular weight excluding hydrogens is 297 g/mol. The molecule has 0 bridgehead atoms. The highest BCUT2D eigenvalue weighted by molar-refractivity contribution is 9.10. The zero-order valence-electron chi connectivity index (χ0n) is 9.61. The van der Waals surface area contributed by atoms with Crippen molar-refractivity contribution in [1.82, 2.24) is 4.98 Å². The molecule has 1 heterocycles. The molecule has 2 nitrogen and oxygen atoms in total. The van der Waals surface area contributed by atoms with Crippen molar-refractivity contribution in [3.63, 3.8) is 0 Å². The van der Waals surface area contributed by atoms with Crippen LogP contribution in [-0.2, 0) is 6.18 Å². The van der Waals surface area contributed by atoms with Gasteiger partial charge >= 0.3 is 6.18 Å². The van der Waals surface area contributed by atoms with Crippen LogP contribution in [0.25, 0.3) is 0 Å². The van der Waals surface area contributed by atoms with E-state index in [1.54, 1.807) is 0 Å². The molecule has 0 radical (unpaired) electrons. The van der Waals surface area contributed by atoms with Gasteiger partial charge in [0.25, 0.3) is 0 Å². The molecule has 17 heavy (non-hydrogen) atoms. The molecule has 0 aliphatic rings. The largest absolute Gasteiger partial charge is 0.419 e. The first-order valence-electron chi connectivity index (χ1n) is 5.37. The summed E-state index contributed by atoms with van der Waals surface area (Å²) in [6.07, 6.45) is -1.53. The molecule has 0 aliphatic heterocycles. The molecule has 0 atom stereocenters. The molecule has 1 aromatic heterocycles. The van der Waals surface area contributed by atoms with Crippen molar-refractivity contribution in [3.8, 4) is 0 Å². The van der Waals surface area contributed by atoms with Gasteiger partial charge in [0.1, 0.15) is 5.82 Å². The lowest BCUT2D eigenvalue weighted by Crippen LogP contribution is -2.21. The van der Waals surface area contributed by atoms with E-state index in [1.807, 2.05) is 13.8 Å². The van der Waals surface area contributed by atoms with Gasteiger partial charge in [0.2, 0.25) is 0 Å². The number of hydrogen-bond donors (Lipinski definition) is 1. The number of alkyl halides is 3. The van der Waals surface area contributed by atoms with E-state index in [4.69, 9.17) is 0 Å². The van der Waals surface area contributed by atoms with Gasteiger partial charge in [-0.15, -0.1) is 0 Å². The van der Waals surface area contributed by atoms with Crippen LogP contribution in [-0.4, -0.2) is 11.0 Å². The molecule has 0 aliphatic carbocycles. The standard InChI is InChI=1S/C11H14BrF3N2/c1-3-8(4-2)17-10-9(11(13,14)15)5-7(12)6-16-10/h5-6,8H,3-4H2,1-2H3,(H,16,17). The van der Waals surface area contributed by atoms with E-state index in [1.165, 1.54) is 6.20 Å². The molecule has 1 N–H and O–H groups in total. The summed E-state index contributed by atoms with van der Waals surface area (Å²) in [6, 6.07) is 1.04. The number of hydrogen-bond acceptors (Lipinski definition) is 2. The van der Waals surface area contributed by atoms with Crippen molar-refractivity contribution < 1.29 is 13.2 Å². The van der Waals surface area contributed by atoms with E-state index < -0.39 is 11.7 Å². The molecule has 0 unspecified atom stereocenters. The zero-order valence-corrected chi connectivity index (χ0v) is 11.2. The van der Waals surface area contributed by atoms with Gasteiger partial charge in [0.05, 0.1) is 5.56 Å². The normalized spacial score (nSPS) is 11.9. The van der Waals surface area contributed by atoms with E-state index in [9.17, 15) is 13.2 Å². The Morgan fingerprint density at radius 3 is 2.41 bits per heavy atom. The van der Waals surface area contributed by atoms with Gasteiger partial charge in [-0.1, -0.05) is 13.8 Å². The summed E-state index contributed by atoms with van der Waals surface area (Å²) >= 11 is 3.00. The van der Waals surface area contributed by atoms with Crippen molar-refractivity contribution in [2.75, 3.05) is 5.32 Å². The molecule has 0 aromatic carbocycles. The Bertz CT molecular complexity index is 375. The maximum absolute atomic E-state index is 12.8. The third-order valence-electron chi connectivity index (χ3n) is 2.49. The fourth-order valence-electron chi connectivity index (χ4n) is 1.46. The van der Waals surface area contributed by atoms with Crippen LogP contribution in [0.3, 0.4) is 0 Å². The Labute approximate surface area is 107 Å². The summed E-state index contributed by atoms with van der Waals surface area (Å²) in [5, 5.41) is 2.83. The molecule has 0 amide bonds. The second-order valence-corrected chi connectivity index (χ2v) is 4.62. The van der Waals surface area contributed by atoms with Crippen molar-refractivity contribution in [2.45, 2.75) is 38.9 Å². The van der Waals surface area contributed by atoms with Gasteiger partial charge < -0.3 is 5.32 Å². The predicted molar refractivity (Wildman–Crippen MR) is 64.9 cm³/mol. The number of nitrogens with one attached hydrogen (secondary N) is 1. The first-order chi connectivity index (χ1) is 7.88. The highest BCUT2D eigenvalue weighted by Gasteiger charge is 2.35. The molecule has 0 spiro atoms. The molecule has 0 saturated heterocycles. The third kappa shape index (κ3) is 3.87. The zero-order chi connectivity index (χ0) is 13.1. The van der Waals surface area contributed by atoms with Gasteiger partial charge in [-0.05, 0) is 34.8 Å². The van der Waals surface area contributed by atoms with Crippen molar-refractivity contribution in [2.24, 2.45) is 0 Å². The summed E-state index contributed by atoms with van der Waals surface area (Å²) in [6.45, 7) is 3.85. The topological polar surface area (TPSA) is 24.9 Å². The Morgan fingerprint density at radius 2 is 1.94 bits per heavy atom. The number of halogens is 4. The average molecular weight is 311 g/mol. The summed E-state index contributed by atoms with van der Waals surface area (Å²) in [4.78, 5) is 3.80. The smallest absolute Gasteiger partial charge is 0.367 e. The lowest BCUT2D eigenvalue weighted by Gasteiger charge is -2.19. The second kappa shape index (κ2) is 5.71. The number of pyridine rings is 1. The fraction of sp³-hybridized carbons (Fsp3) is 0.545. The van der Waals surface area contributed by atoms with Crippen LogP contribution in [0.15, 0.2) is 16.7 Å². The molecule has 96 valence electrons. The first kappa shape index (κ1) is 14.3. The molecule has 1 aromatic rings. The number of anilines is 1. The second-order valence-electron chi connectivity index (χ2n) is 3.71. The van der Waals surface area contributed by atoms with Gasteiger partial charge in [-0.2, -0.15) is 13.2 Å². The maximum Gasteiger partial charge on any atom is 0.419 e. The summed E-state index contributed by atoms with van der Waals surface area (Å²) in [7, 11) is 0. The minimum absolute atomic E-state index is 0.00442. The van der Waals surface area contributed by atoms with Crippen LogP contribution in [0.1, 0.15) is 32.3 Å². The van der Waals surface area contributed by atoms with E-state index in [0.717, 1.165) is 18.9 Å². The minimum Gasteiger partial charge on any atom is -0.367 e. The van der Waals surface area contributed by atoms with E-state index in [2.05, 4.69) is 26.2 Å². The van der Waals surface area contributed by atoms with E-state index in [0.29, 0.717) is 4.47 Å². The average Bonchev–Trinajstić information content (AvgIpc) is 2.26. The lowest BCUT2D eigenvalue weighted by atomic mass is 10.1. The van der Waals surface area contributed by atoms with E-state index in [-0.39, 0.29) is 11.9 Å². The summed E-state index contributed by atoms with van der Waals surface area (Å²) in [5.41, 5.74) is -0.737. The van der Waals surface area contributed by atoms with Gasteiger partial charge in [-0.25, -0.2) is 4.98 Å². The van der Waals surface area contributed by atoms with Crippen molar-refractivity contribution in [3.05, 3.63) is 22.3 Å². The van der Waals surface area contributed by atoms with Crippen molar-refractivity contribution >= 4 is 21.7 Å². The molecule has 1 rings (SSSR count). The van der Waals surface area contributed by atoms with Crippen LogP contribution < -0.4 is 5.32 Å². The Morgan fingerprint density at radius 1 is 1.35 bits per heavy atom. The minimum atomic E-state index is -4.40. The molecule has 0 saturated carbocycles. The Balaban J connectivity index is 3.06. The molecular formula is C11H14BrF3N2. The van der Waals surface area contributed by atoms with Gasteiger partial charge in [0, 0.05) is 16.7 Å². The SMILES string of the molecule is CCC(CC)Nc1ncc(Br)cc1C(F)(F)F. The number of aromatic nitrogens is 1. The quantitative estimate of drug-likeness (QED) is 0.888. The Hall–Kier alpha value is -0.780. The third-order valence-corrected chi connectivity index (χ3v) is 2.92. The van der Waals surface area contributed by atoms with E-state index >= 15 is 0 Å². The van der Waals surface area contributed by atoms with Crippen LogP contribution in [0.2, 0.25) is 0 Å².